The second-order valence-corrected chi connectivity index (χ2v) is 8.50. The third-order valence-corrected chi connectivity index (χ3v) is 6.08. The fourth-order valence-electron chi connectivity index (χ4n) is 2.28. The molecule has 0 aliphatic carbocycles. The van der Waals surface area contributed by atoms with Crippen LogP contribution in [0, 0.1) is 6.92 Å². The summed E-state index contributed by atoms with van der Waals surface area (Å²) in [6, 6.07) is 3.81. The highest BCUT2D eigenvalue weighted by molar-refractivity contribution is 14.0. The first-order valence-electron chi connectivity index (χ1n) is 9.23. The van der Waals surface area contributed by atoms with Gasteiger partial charge in [-0.1, -0.05) is 6.07 Å². The molecule has 0 aliphatic heterocycles. The highest BCUT2D eigenvalue weighted by atomic mass is 127. The van der Waals surface area contributed by atoms with Crippen molar-refractivity contribution < 1.29 is 14.3 Å². The summed E-state index contributed by atoms with van der Waals surface area (Å²) in [5, 5.41) is 9.27. The number of aliphatic imine (C=N–C) groups is 1. The van der Waals surface area contributed by atoms with E-state index in [1.165, 1.54) is 16.2 Å². The van der Waals surface area contributed by atoms with Gasteiger partial charge in [-0.3, -0.25) is 4.79 Å². The topological polar surface area (TPSA) is 95.9 Å². The fraction of sp³-hybridized carbons (Fsp3) is 0.474. The molecule has 0 aliphatic rings. The Morgan fingerprint density at radius 3 is 2.70 bits per heavy atom. The van der Waals surface area contributed by atoms with E-state index in [0.717, 1.165) is 9.88 Å². The lowest BCUT2D eigenvalue weighted by Crippen LogP contribution is -2.39. The van der Waals surface area contributed by atoms with Crippen molar-refractivity contribution in [3.63, 3.8) is 0 Å². The summed E-state index contributed by atoms with van der Waals surface area (Å²) in [5.41, 5.74) is 0.643. The van der Waals surface area contributed by atoms with Gasteiger partial charge in [-0.25, -0.2) is 14.8 Å². The molecule has 2 aromatic heterocycles. The number of rotatable bonds is 8. The summed E-state index contributed by atoms with van der Waals surface area (Å²) in [6.45, 7) is 6.45. The van der Waals surface area contributed by atoms with Crippen molar-refractivity contribution >= 4 is 64.5 Å². The van der Waals surface area contributed by atoms with Gasteiger partial charge in [0, 0.05) is 19.0 Å². The number of carbonyl (C=O) groups excluding carboxylic acids is 2. The van der Waals surface area contributed by atoms with Crippen LogP contribution < -0.4 is 10.6 Å². The van der Waals surface area contributed by atoms with E-state index in [1.54, 1.807) is 39.3 Å². The number of aromatic nitrogens is 1. The van der Waals surface area contributed by atoms with Crippen molar-refractivity contribution in [2.75, 3.05) is 27.2 Å². The Kier molecular flexibility index (Phi) is 11.3. The summed E-state index contributed by atoms with van der Waals surface area (Å²) in [7, 11) is 3.39. The predicted octanol–water partition coefficient (Wildman–Crippen LogP) is 3.19. The Balaban J connectivity index is 0.00000450. The number of carbonyl (C=O) groups is 2. The Bertz CT molecular complexity index is 852. The average Bonchev–Trinajstić information content (AvgIpc) is 3.33. The number of nitrogens with one attached hydrogen (secondary N) is 2. The van der Waals surface area contributed by atoms with E-state index in [-0.39, 0.29) is 48.4 Å². The van der Waals surface area contributed by atoms with Crippen molar-refractivity contribution in [3.05, 3.63) is 38.0 Å². The zero-order chi connectivity index (χ0) is 21.4. The molecule has 0 spiro atoms. The molecular weight excluding hydrogens is 537 g/mol. The first kappa shape index (κ1) is 26.3. The molecule has 0 bridgehead atoms. The third-order valence-electron chi connectivity index (χ3n) is 3.88. The van der Waals surface area contributed by atoms with Gasteiger partial charge in [-0.2, -0.15) is 0 Å². The molecule has 30 heavy (non-hydrogen) atoms. The van der Waals surface area contributed by atoms with Gasteiger partial charge in [0.05, 0.1) is 24.9 Å². The van der Waals surface area contributed by atoms with Gasteiger partial charge in [0.25, 0.3) is 0 Å². The Morgan fingerprint density at radius 2 is 2.10 bits per heavy atom. The molecule has 11 heteroatoms. The van der Waals surface area contributed by atoms with Crippen molar-refractivity contribution in [2.45, 2.75) is 33.4 Å². The van der Waals surface area contributed by atoms with Gasteiger partial charge in [-0.15, -0.1) is 46.7 Å². The molecule has 2 rings (SSSR count). The maximum atomic E-state index is 12.0. The number of esters is 1. The van der Waals surface area contributed by atoms with Crippen LogP contribution >= 0.6 is 46.7 Å². The lowest BCUT2D eigenvalue weighted by molar-refractivity contribution is -0.127. The quantitative estimate of drug-likeness (QED) is 0.221. The average molecular weight is 566 g/mol. The minimum atomic E-state index is -0.359. The third kappa shape index (κ3) is 7.84. The van der Waals surface area contributed by atoms with Crippen LogP contribution in [0.25, 0.3) is 0 Å². The number of hydrogen-bond donors (Lipinski definition) is 2. The monoisotopic (exact) mass is 565 g/mol. The summed E-state index contributed by atoms with van der Waals surface area (Å²) in [4.78, 5) is 36.0. The van der Waals surface area contributed by atoms with Crippen molar-refractivity contribution in [1.82, 2.24) is 20.5 Å². The van der Waals surface area contributed by atoms with Crippen molar-refractivity contribution in [2.24, 2.45) is 4.99 Å². The summed E-state index contributed by atoms with van der Waals surface area (Å²) < 4.78 is 5.08. The van der Waals surface area contributed by atoms with E-state index >= 15 is 0 Å². The number of ether oxygens (including phenoxy) is 1. The Hall–Kier alpha value is -1.73. The molecule has 1 unspecified atom stereocenters. The van der Waals surface area contributed by atoms with Crippen LogP contribution in [0.3, 0.4) is 0 Å². The number of hydrogen-bond acceptors (Lipinski definition) is 7. The minimum absolute atomic E-state index is 0. The van der Waals surface area contributed by atoms with E-state index in [0.29, 0.717) is 29.7 Å². The zero-order valence-corrected chi connectivity index (χ0v) is 21.7. The Morgan fingerprint density at radius 1 is 1.37 bits per heavy atom. The van der Waals surface area contributed by atoms with Gasteiger partial charge >= 0.3 is 5.97 Å². The second kappa shape index (κ2) is 12.8. The molecule has 0 aromatic carbocycles. The van der Waals surface area contributed by atoms with Crippen LogP contribution in [0.5, 0.6) is 0 Å². The Labute approximate surface area is 202 Å². The molecule has 2 heterocycles. The zero-order valence-electron chi connectivity index (χ0n) is 17.7. The summed E-state index contributed by atoms with van der Waals surface area (Å²) >= 11 is 2.94. The summed E-state index contributed by atoms with van der Waals surface area (Å²) in [5.74, 6) is 0.0541. The molecule has 2 aromatic rings. The lowest BCUT2D eigenvalue weighted by Gasteiger charge is -2.17. The molecule has 0 fully saturated rings. The highest BCUT2D eigenvalue weighted by Gasteiger charge is 2.20. The van der Waals surface area contributed by atoms with Crippen LogP contribution in [0.1, 0.15) is 45.1 Å². The van der Waals surface area contributed by atoms with E-state index in [2.05, 4.69) is 20.6 Å². The number of guanidine groups is 1. The number of nitrogens with zero attached hydrogens (tertiary/aromatic N) is 3. The maximum absolute atomic E-state index is 12.0. The van der Waals surface area contributed by atoms with Gasteiger partial charge < -0.3 is 20.3 Å². The number of likely N-dealkylation sites (N-methyl/N-ethyl adjacent to an activating group) is 1. The largest absolute Gasteiger partial charge is 0.462 e. The smallest absolute Gasteiger partial charge is 0.350 e. The highest BCUT2D eigenvalue weighted by Crippen LogP contribution is 2.24. The van der Waals surface area contributed by atoms with E-state index in [9.17, 15) is 9.59 Å². The standard InChI is InChI=1S/C19H27N5O3S2.HI/c1-6-27-18(26)16-12(2)22-17(29-16)13(3)23-19(21-11-15(25)24(4)5)20-10-14-8-7-9-28-14;/h7-9,13H,6,10-11H2,1-5H3,(H2,20,21,23);1H. The molecular formula is C19H28IN5O3S2. The SMILES string of the molecule is CCOC(=O)c1sc(C(C)NC(=NCC(=O)N(C)C)NCc2cccs2)nc1C.I. The number of thiophene rings is 1. The molecule has 2 N–H and O–H groups in total. The number of halogens is 1. The van der Waals surface area contributed by atoms with Gasteiger partial charge in [0.2, 0.25) is 5.91 Å². The maximum Gasteiger partial charge on any atom is 0.350 e. The summed E-state index contributed by atoms with van der Waals surface area (Å²) in [6.07, 6.45) is 0. The van der Waals surface area contributed by atoms with E-state index in [1.807, 2.05) is 24.4 Å². The van der Waals surface area contributed by atoms with Crippen LogP contribution in [-0.4, -0.2) is 55.0 Å². The van der Waals surface area contributed by atoms with E-state index < -0.39 is 0 Å². The first-order valence-corrected chi connectivity index (χ1v) is 10.9. The molecule has 0 saturated carbocycles. The molecule has 0 saturated heterocycles. The van der Waals surface area contributed by atoms with Crippen LogP contribution in [0.4, 0.5) is 0 Å². The van der Waals surface area contributed by atoms with Gasteiger partial charge in [0.1, 0.15) is 16.4 Å². The fourth-order valence-corrected chi connectivity index (χ4v) is 3.89. The second-order valence-electron chi connectivity index (χ2n) is 6.44. The molecule has 8 nitrogen and oxygen atoms in total. The number of thiazole rings is 1. The molecule has 1 atom stereocenters. The number of aryl methyl sites for hydroxylation is 1. The van der Waals surface area contributed by atoms with E-state index in [4.69, 9.17) is 4.74 Å². The predicted molar refractivity (Wildman–Crippen MR) is 132 cm³/mol. The normalized spacial score (nSPS) is 12.0. The lowest BCUT2D eigenvalue weighted by atomic mass is 10.3. The number of amides is 1. The van der Waals surface area contributed by atoms with Crippen LogP contribution in [-0.2, 0) is 16.1 Å². The first-order chi connectivity index (χ1) is 13.8. The molecule has 166 valence electrons. The minimum Gasteiger partial charge on any atom is -0.462 e. The van der Waals surface area contributed by atoms with Crippen molar-refractivity contribution in [1.29, 1.82) is 0 Å². The molecule has 1 amide bonds. The van der Waals surface area contributed by atoms with Gasteiger partial charge in [-0.05, 0) is 32.2 Å². The van der Waals surface area contributed by atoms with Crippen molar-refractivity contribution in [3.8, 4) is 0 Å². The molecule has 0 radical (unpaired) electrons. The van der Waals surface area contributed by atoms with Crippen LogP contribution in [0.15, 0.2) is 22.5 Å². The van der Waals surface area contributed by atoms with Gasteiger partial charge in [0.15, 0.2) is 5.96 Å². The van der Waals surface area contributed by atoms with Crippen LogP contribution in [0.2, 0.25) is 0 Å².